The molecular weight excluding hydrogens is 384 g/mol. The van der Waals surface area contributed by atoms with Crippen molar-refractivity contribution in [1.82, 2.24) is 19.3 Å². The fourth-order valence-electron chi connectivity index (χ4n) is 2.84. The number of hydrogen-bond acceptors (Lipinski definition) is 8. The molecule has 0 aromatic carbocycles. The minimum Gasteiger partial charge on any atom is -0.493 e. The van der Waals surface area contributed by atoms with Crippen molar-refractivity contribution in [2.24, 2.45) is 10.2 Å². The normalized spacial score (nSPS) is 10.8. The lowest BCUT2D eigenvalue weighted by Crippen LogP contribution is -2.23. The lowest BCUT2D eigenvalue weighted by molar-refractivity contribution is 0.402. The highest BCUT2D eigenvalue weighted by molar-refractivity contribution is 5.59. The van der Waals surface area contributed by atoms with Crippen molar-refractivity contribution in [2.75, 3.05) is 0 Å². The van der Waals surface area contributed by atoms with E-state index < -0.39 is 5.56 Å². The van der Waals surface area contributed by atoms with Gasteiger partial charge in [0.25, 0.3) is 5.56 Å². The maximum atomic E-state index is 12.5. The molecule has 0 fully saturated rings. The van der Waals surface area contributed by atoms with Crippen LogP contribution in [0.15, 0.2) is 45.6 Å². The van der Waals surface area contributed by atoms with Gasteiger partial charge < -0.3 is 5.11 Å². The second-order valence-corrected chi connectivity index (χ2v) is 6.39. The Morgan fingerprint density at radius 3 is 2.67 bits per heavy atom. The van der Waals surface area contributed by atoms with E-state index >= 15 is 0 Å². The molecule has 3 aromatic heterocycles. The van der Waals surface area contributed by atoms with Crippen LogP contribution in [-0.2, 0) is 6.54 Å². The number of aromatic nitrogens is 4. The SMILES string of the molecule is CCCCn1c(O)c(/N=N\c2c(C#N)cnn2-c2ccccn2)c(C)c(C#N)c1=O. The van der Waals surface area contributed by atoms with Crippen LogP contribution in [0, 0.1) is 29.6 Å². The van der Waals surface area contributed by atoms with Crippen LogP contribution in [-0.4, -0.2) is 24.4 Å². The van der Waals surface area contributed by atoms with Crippen LogP contribution in [0.5, 0.6) is 5.88 Å². The first-order chi connectivity index (χ1) is 14.5. The van der Waals surface area contributed by atoms with Gasteiger partial charge in [0.05, 0.1) is 6.20 Å². The molecule has 0 unspecified atom stereocenters. The van der Waals surface area contributed by atoms with Gasteiger partial charge in [-0.05, 0) is 25.5 Å². The molecule has 1 N–H and O–H groups in total. The smallest absolute Gasteiger partial charge is 0.271 e. The van der Waals surface area contributed by atoms with E-state index in [4.69, 9.17) is 0 Å². The van der Waals surface area contributed by atoms with Crippen molar-refractivity contribution in [3.63, 3.8) is 0 Å². The lowest BCUT2D eigenvalue weighted by atomic mass is 10.1. The maximum absolute atomic E-state index is 12.5. The Kier molecular flexibility index (Phi) is 5.99. The Bertz CT molecular complexity index is 1240. The van der Waals surface area contributed by atoms with E-state index in [-0.39, 0.29) is 40.6 Å². The number of unbranched alkanes of at least 4 members (excludes halogenated alkanes) is 1. The molecule has 10 nitrogen and oxygen atoms in total. The Labute approximate surface area is 172 Å². The average molecular weight is 402 g/mol. The molecule has 30 heavy (non-hydrogen) atoms. The highest BCUT2D eigenvalue weighted by atomic mass is 16.3. The zero-order chi connectivity index (χ0) is 21.7. The van der Waals surface area contributed by atoms with E-state index in [1.165, 1.54) is 17.8 Å². The fourth-order valence-corrected chi connectivity index (χ4v) is 2.84. The molecule has 0 amide bonds. The quantitative estimate of drug-likeness (QED) is 0.625. The van der Waals surface area contributed by atoms with Crippen LogP contribution >= 0.6 is 0 Å². The average Bonchev–Trinajstić information content (AvgIpc) is 3.17. The molecule has 150 valence electrons. The third kappa shape index (κ3) is 3.66. The molecule has 0 aliphatic heterocycles. The summed E-state index contributed by atoms with van der Waals surface area (Å²) in [7, 11) is 0. The number of nitriles is 2. The first-order valence-corrected chi connectivity index (χ1v) is 9.21. The second-order valence-electron chi connectivity index (χ2n) is 6.39. The van der Waals surface area contributed by atoms with Crippen LogP contribution in [0.3, 0.4) is 0 Å². The van der Waals surface area contributed by atoms with Gasteiger partial charge in [-0.1, -0.05) is 19.4 Å². The Balaban J connectivity index is 2.16. The first kappa shape index (κ1) is 20.4. The number of hydrogen-bond donors (Lipinski definition) is 1. The van der Waals surface area contributed by atoms with Crippen molar-refractivity contribution in [1.29, 1.82) is 10.5 Å². The molecule has 3 heterocycles. The highest BCUT2D eigenvalue weighted by Crippen LogP contribution is 2.33. The second kappa shape index (κ2) is 8.80. The van der Waals surface area contributed by atoms with Gasteiger partial charge in [0.15, 0.2) is 17.3 Å². The molecule has 0 radical (unpaired) electrons. The molecular formula is C20H18N8O2. The zero-order valence-electron chi connectivity index (χ0n) is 16.4. The third-order valence-electron chi connectivity index (χ3n) is 4.48. The number of azo groups is 1. The summed E-state index contributed by atoms with van der Waals surface area (Å²) in [5, 5.41) is 41.8. The van der Waals surface area contributed by atoms with Gasteiger partial charge in [0.2, 0.25) is 5.88 Å². The molecule has 3 aromatic rings. The monoisotopic (exact) mass is 402 g/mol. The minimum absolute atomic E-state index is 0.0140. The standard InChI is InChI=1S/C20H18N8O2/c1-3-4-9-27-19(29)15(11-22)13(2)17(20(27)30)25-26-18-14(10-21)12-24-28(18)16-7-5-6-8-23-16/h5-8,12,30H,3-4,9H2,1-2H3/b26-25-. The van der Waals surface area contributed by atoms with Crippen LogP contribution in [0.25, 0.3) is 5.82 Å². The van der Waals surface area contributed by atoms with Gasteiger partial charge in [-0.25, -0.2) is 4.98 Å². The fraction of sp³-hybridized carbons (Fsp3) is 0.250. The lowest BCUT2D eigenvalue weighted by Gasteiger charge is -2.12. The van der Waals surface area contributed by atoms with Gasteiger partial charge in [-0.15, -0.1) is 10.2 Å². The maximum Gasteiger partial charge on any atom is 0.271 e. The number of rotatable bonds is 6. The molecule has 0 bridgehead atoms. The molecule has 0 aliphatic rings. The molecule has 0 saturated heterocycles. The van der Waals surface area contributed by atoms with Gasteiger partial charge in [0.1, 0.15) is 23.3 Å². The van der Waals surface area contributed by atoms with Crippen molar-refractivity contribution in [3.8, 4) is 23.8 Å². The Morgan fingerprint density at radius 2 is 2.03 bits per heavy atom. The predicted molar refractivity (Wildman–Crippen MR) is 107 cm³/mol. The van der Waals surface area contributed by atoms with Crippen molar-refractivity contribution < 1.29 is 5.11 Å². The third-order valence-corrected chi connectivity index (χ3v) is 4.48. The number of pyridine rings is 2. The minimum atomic E-state index is -0.573. The summed E-state index contributed by atoms with van der Waals surface area (Å²) < 4.78 is 2.46. The molecule has 0 aliphatic carbocycles. The predicted octanol–water partition coefficient (Wildman–Crippen LogP) is 3.40. The molecule has 0 atom stereocenters. The largest absolute Gasteiger partial charge is 0.493 e. The van der Waals surface area contributed by atoms with Crippen molar-refractivity contribution >= 4 is 11.5 Å². The summed E-state index contributed by atoms with van der Waals surface area (Å²) in [6, 6.07) is 9.05. The molecule has 10 heteroatoms. The van der Waals surface area contributed by atoms with E-state index in [1.54, 1.807) is 24.4 Å². The summed E-state index contributed by atoms with van der Waals surface area (Å²) in [6.45, 7) is 3.71. The molecule has 3 rings (SSSR count). The highest BCUT2D eigenvalue weighted by Gasteiger charge is 2.20. The van der Waals surface area contributed by atoms with Gasteiger partial charge in [0, 0.05) is 18.3 Å². The summed E-state index contributed by atoms with van der Waals surface area (Å²) in [6.07, 6.45) is 4.34. The van der Waals surface area contributed by atoms with Crippen molar-refractivity contribution in [2.45, 2.75) is 33.2 Å². The van der Waals surface area contributed by atoms with Crippen LogP contribution in [0.2, 0.25) is 0 Å². The van der Waals surface area contributed by atoms with Crippen LogP contribution in [0.1, 0.15) is 36.5 Å². The zero-order valence-corrected chi connectivity index (χ0v) is 16.4. The summed E-state index contributed by atoms with van der Waals surface area (Å²) >= 11 is 0. The summed E-state index contributed by atoms with van der Waals surface area (Å²) in [5.74, 6) is 0.162. The molecule has 0 spiro atoms. The van der Waals surface area contributed by atoms with E-state index in [2.05, 4.69) is 20.3 Å². The van der Waals surface area contributed by atoms with Gasteiger partial charge >= 0.3 is 0 Å². The van der Waals surface area contributed by atoms with E-state index in [0.29, 0.717) is 12.2 Å². The van der Waals surface area contributed by atoms with E-state index in [1.807, 2.05) is 19.1 Å². The first-order valence-electron chi connectivity index (χ1n) is 9.21. The molecule has 0 saturated carbocycles. The topological polar surface area (TPSA) is 145 Å². The Hall–Kier alpha value is -4.31. The number of nitrogens with zero attached hydrogens (tertiary/aromatic N) is 8. The Morgan fingerprint density at radius 1 is 1.23 bits per heavy atom. The van der Waals surface area contributed by atoms with Crippen LogP contribution < -0.4 is 5.56 Å². The number of aromatic hydroxyl groups is 1. The van der Waals surface area contributed by atoms with E-state index in [9.17, 15) is 20.4 Å². The van der Waals surface area contributed by atoms with Gasteiger partial charge in [-0.3, -0.25) is 9.36 Å². The summed E-state index contributed by atoms with van der Waals surface area (Å²) in [4.78, 5) is 16.7. The van der Waals surface area contributed by atoms with Crippen molar-refractivity contribution in [3.05, 3.63) is 57.6 Å². The van der Waals surface area contributed by atoms with Gasteiger partial charge in [-0.2, -0.15) is 20.3 Å². The van der Waals surface area contributed by atoms with E-state index in [0.717, 1.165) is 11.0 Å². The van der Waals surface area contributed by atoms with Crippen LogP contribution in [0.4, 0.5) is 11.5 Å². The summed E-state index contributed by atoms with van der Waals surface area (Å²) in [5.41, 5.74) is -0.340.